The van der Waals surface area contributed by atoms with Gasteiger partial charge in [-0.1, -0.05) is 25.5 Å². The van der Waals surface area contributed by atoms with Crippen molar-refractivity contribution in [3.05, 3.63) is 23.3 Å². The van der Waals surface area contributed by atoms with E-state index >= 15 is 0 Å². The van der Waals surface area contributed by atoms with Crippen molar-refractivity contribution in [2.24, 2.45) is 40.2 Å². The highest BCUT2D eigenvalue weighted by atomic mass is 32.2. The smallest absolute Gasteiger partial charge is 0.414 e. The van der Waals surface area contributed by atoms with Crippen molar-refractivity contribution >= 4 is 29.7 Å². The van der Waals surface area contributed by atoms with E-state index < -0.39 is 11.9 Å². The Morgan fingerprint density at radius 2 is 1.83 bits per heavy atom. The van der Waals surface area contributed by atoms with Crippen molar-refractivity contribution in [1.82, 2.24) is 0 Å². The van der Waals surface area contributed by atoms with Crippen LogP contribution in [-0.2, 0) is 19.1 Å². The number of nitrogens with two attached hydrogens (primary N) is 1. The monoisotopic (exact) mass is 519 g/mol. The number of hydrogen-bond donors (Lipinski definition) is 3. The Morgan fingerprint density at radius 3 is 2.47 bits per heavy atom. The lowest BCUT2D eigenvalue weighted by atomic mass is 9.46. The third kappa shape index (κ3) is 5.13. The van der Waals surface area contributed by atoms with Crippen LogP contribution in [0, 0.1) is 34.5 Å². The molecular weight excluding hydrogens is 478 g/mol. The van der Waals surface area contributed by atoms with E-state index in [9.17, 15) is 4.79 Å². The minimum absolute atomic E-state index is 0.119. The first-order chi connectivity index (χ1) is 17.1. The Balaban J connectivity index is 0.000000455. The number of carboxylic acid groups (broad SMARTS) is 2. The molecule has 3 saturated carbocycles. The van der Waals surface area contributed by atoms with Crippen LogP contribution in [0.25, 0.3) is 0 Å². The Morgan fingerprint density at radius 1 is 1.08 bits per heavy atom. The molecule has 7 nitrogen and oxygen atoms in total. The molecule has 3 fully saturated rings. The zero-order valence-corrected chi connectivity index (χ0v) is 22.4. The maximum Gasteiger partial charge on any atom is 0.414 e. The molecule has 7 atom stereocenters. The zero-order chi connectivity index (χ0) is 26.1. The van der Waals surface area contributed by atoms with Crippen molar-refractivity contribution in [2.45, 2.75) is 76.9 Å². The number of ether oxygens (including phenoxy) is 1. The second kappa shape index (κ2) is 10.9. The predicted molar refractivity (Wildman–Crippen MR) is 139 cm³/mol. The van der Waals surface area contributed by atoms with Gasteiger partial charge in [-0.25, -0.2) is 14.4 Å². The summed E-state index contributed by atoms with van der Waals surface area (Å²) in [6, 6.07) is 0. The fraction of sp³-hybridized carbons (Fsp3) is 0.750. The summed E-state index contributed by atoms with van der Waals surface area (Å²) in [6.07, 6.45) is 16.3. The molecule has 36 heavy (non-hydrogen) atoms. The molecule has 1 heterocycles. The van der Waals surface area contributed by atoms with Crippen LogP contribution in [0.1, 0.15) is 71.6 Å². The van der Waals surface area contributed by atoms with E-state index in [0.717, 1.165) is 30.7 Å². The van der Waals surface area contributed by atoms with Gasteiger partial charge in [0.25, 0.3) is 0 Å². The molecule has 0 aromatic rings. The standard InChI is InChI=1S/C26H39NO2S.C2H2O4/c1-25-10-8-19(30-13-3-12-27)15-18(25)4-5-20-22-7-6-21(17-14-24(28)29-16-17)26(22,2)11-9-23(20)25;3-1(4)2(5)6/h14-15,19-23H,3-13,16,27H2,1-2H3;(H,3,4)(H,5,6)/t19-,20-,21+,22-,23-,25-,26+;/m0./s1. The largest absolute Gasteiger partial charge is 0.473 e. The molecule has 8 heteroatoms. The number of carboxylic acids is 2. The van der Waals surface area contributed by atoms with Gasteiger partial charge in [0.1, 0.15) is 6.61 Å². The van der Waals surface area contributed by atoms with Crippen LogP contribution in [0.5, 0.6) is 0 Å². The SMILES string of the molecule is C[C@]12CC[C@H]3[C@@H](CCC4=C[C@@H](SCCCN)CC[C@@]43C)[C@@H]1CC[C@@H]2C1=CC(=O)OC1.O=C(O)C(=O)O. The number of carbonyl (C=O) groups excluding carboxylic acids is 1. The number of rotatable bonds is 5. The van der Waals surface area contributed by atoms with E-state index in [-0.39, 0.29) is 5.97 Å². The number of esters is 1. The van der Waals surface area contributed by atoms with Crippen molar-refractivity contribution in [3.8, 4) is 0 Å². The van der Waals surface area contributed by atoms with Crippen LogP contribution in [-0.4, -0.2) is 52.3 Å². The average Bonchev–Trinajstić information content (AvgIpc) is 3.42. The maximum absolute atomic E-state index is 11.7. The Kier molecular flexibility index (Phi) is 8.25. The lowest BCUT2D eigenvalue weighted by Crippen LogP contribution is -2.50. The molecule has 0 spiro atoms. The summed E-state index contributed by atoms with van der Waals surface area (Å²) in [5.41, 5.74) is 9.58. The normalized spacial score (nSPS) is 38.9. The van der Waals surface area contributed by atoms with Gasteiger partial charge in [0, 0.05) is 11.3 Å². The van der Waals surface area contributed by atoms with Crippen molar-refractivity contribution in [3.63, 3.8) is 0 Å². The molecule has 0 unspecified atom stereocenters. The summed E-state index contributed by atoms with van der Waals surface area (Å²) in [4.78, 5) is 29.9. The van der Waals surface area contributed by atoms with E-state index in [0.29, 0.717) is 28.6 Å². The van der Waals surface area contributed by atoms with Gasteiger partial charge in [0.2, 0.25) is 0 Å². The Hall–Kier alpha value is -1.80. The quantitative estimate of drug-likeness (QED) is 0.207. The molecule has 5 rings (SSSR count). The average molecular weight is 520 g/mol. The number of thioether (sulfide) groups is 1. The summed E-state index contributed by atoms with van der Waals surface area (Å²) in [7, 11) is 0. The summed E-state index contributed by atoms with van der Waals surface area (Å²) >= 11 is 2.13. The molecule has 4 aliphatic carbocycles. The highest BCUT2D eigenvalue weighted by molar-refractivity contribution is 8.00. The Bertz CT molecular complexity index is 934. The first-order valence-corrected chi connectivity index (χ1v) is 14.5. The molecule has 4 N–H and O–H groups in total. The molecular formula is C28H41NO6S. The summed E-state index contributed by atoms with van der Waals surface area (Å²) in [6.45, 7) is 6.52. The van der Waals surface area contributed by atoms with Gasteiger partial charge < -0.3 is 20.7 Å². The van der Waals surface area contributed by atoms with E-state index in [1.165, 1.54) is 62.7 Å². The molecule has 1 aliphatic heterocycles. The highest BCUT2D eigenvalue weighted by Crippen LogP contribution is 2.67. The fourth-order valence-corrected chi connectivity index (χ4v) is 9.53. The Labute approximate surface area is 218 Å². The van der Waals surface area contributed by atoms with Gasteiger partial charge in [-0.05, 0) is 110 Å². The van der Waals surface area contributed by atoms with Gasteiger partial charge >= 0.3 is 17.9 Å². The van der Waals surface area contributed by atoms with Crippen LogP contribution in [0.4, 0.5) is 0 Å². The number of carbonyl (C=O) groups is 3. The topological polar surface area (TPSA) is 127 Å². The number of hydrogen-bond acceptors (Lipinski definition) is 6. The number of fused-ring (bicyclic) bond motifs is 5. The minimum Gasteiger partial charge on any atom is -0.473 e. The van der Waals surface area contributed by atoms with Crippen LogP contribution in [0.15, 0.2) is 23.3 Å². The molecule has 200 valence electrons. The highest BCUT2D eigenvalue weighted by Gasteiger charge is 2.59. The van der Waals surface area contributed by atoms with E-state index in [1.54, 1.807) is 5.57 Å². The molecule has 0 aromatic carbocycles. The molecule has 0 bridgehead atoms. The van der Waals surface area contributed by atoms with E-state index in [2.05, 4.69) is 31.7 Å². The summed E-state index contributed by atoms with van der Waals surface area (Å²) in [5.74, 6) is 0.562. The van der Waals surface area contributed by atoms with Crippen molar-refractivity contribution < 1.29 is 29.3 Å². The first-order valence-electron chi connectivity index (χ1n) is 13.5. The fourth-order valence-electron chi connectivity index (χ4n) is 8.35. The van der Waals surface area contributed by atoms with Gasteiger partial charge in [-0.3, -0.25) is 0 Å². The van der Waals surface area contributed by atoms with Crippen LogP contribution in [0.3, 0.4) is 0 Å². The molecule has 0 radical (unpaired) electrons. The lowest BCUT2D eigenvalue weighted by Gasteiger charge is -2.58. The number of cyclic esters (lactones) is 1. The third-order valence-electron chi connectivity index (χ3n) is 10.1. The molecule has 0 saturated heterocycles. The maximum atomic E-state index is 11.7. The van der Waals surface area contributed by atoms with Gasteiger partial charge in [0.05, 0.1) is 0 Å². The lowest BCUT2D eigenvalue weighted by molar-refractivity contribution is -0.159. The van der Waals surface area contributed by atoms with Crippen molar-refractivity contribution in [2.75, 3.05) is 18.9 Å². The van der Waals surface area contributed by atoms with Crippen LogP contribution >= 0.6 is 11.8 Å². The first kappa shape index (κ1) is 27.2. The number of aliphatic carboxylic acids is 2. The second-order valence-electron chi connectivity index (χ2n) is 11.7. The molecule has 5 aliphatic rings. The second-order valence-corrected chi connectivity index (χ2v) is 13.1. The van der Waals surface area contributed by atoms with Crippen LogP contribution in [0.2, 0.25) is 0 Å². The summed E-state index contributed by atoms with van der Waals surface area (Å²) in [5, 5.41) is 15.5. The van der Waals surface area contributed by atoms with Crippen molar-refractivity contribution in [1.29, 1.82) is 0 Å². The predicted octanol–water partition coefficient (Wildman–Crippen LogP) is 4.65. The zero-order valence-electron chi connectivity index (χ0n) is 21.5. The third-order valence-corrected chi connectivity index (χ3v) is 11.4. The summed E-state index contributed by atoms with van der Waals surface area (Å²) < 4.78 is 5.29. The van der Waals surface area contributed by atoms with Gasteiger partial charge in [-0.2, -0.15) is 11.8 Å². The van der Waals surface area contributed by atoms with E-state index in [1.807, 2.05) is 6.08 Å². The molecule has 0 amide bonds. The van der Waals surface area contributed by atoms with Crippen LogP contribution < -0.4 is 5.73 Å². The minimum atomic E-state index is -1.82. The van der Waals surface area contributed by atoms with E-state index in [4.69, 9.17) is 30.3 Å². The van der Waals surface area contributed by atoms with Gasteiger partial charge in [0.15, 0.2) is 0 Å². The molecule has 0 aromatic heterocycles. The number of allylic oxidation sites excluding steroid dienone is 1. The van der Waals surface area contributed by atoms with Gasteiger partial charge in [-0.15, -0.1) is 0 Å².